The second-order valence-corrected chi connectivity index (χ2v) is 9.15. The maximum Gasteiger partial charge on any atom is 0.312 e. The number of fused-ring (bicyclic) bond motifs is 2. The van der Waals surface area contributed by atoms with Crippen LogP contribution in [0.15, 0.2) is 18.2 Å². The lowest BCUT2D eigenvalue weighted by Crippen LogP contribution is -2.48. The highest BCUT2D eigenvalue weighted by molar-refractivity contribution is 5.79. The molecule has 3 saturated heterocycles. The van der Waals surface area contributed by atoms with Crippen LogP contribution in [0.4, 0.5) is 0 Å². The quantitative estimate of drug-likeness (QED) is 0.786. The molecule has 6 nitrogen and oxygen atoms in total. The summed E-state index contributed by atoms with van der Waals surface area (Å²) in [4.78, 5) is 15.0. The van der Waals surface area contributed by atoms with Gasteiger partial charge in [0.25, 0.3) is 0 Å². The summed E-state index contributed by atoms with van der Waals surface area (Å²) in [5, 5.41) is 3.36. The Kier molecular flexibility index (Phi) is 5.04. The first-order valence-corrected chi connectivity index (χ1v) is 11.1. The summed E-state index contributed by atoms with van der Waals surface area (Å²) in [6.45, 7) is 5.38. The number of cyclic esters (lactones) is 1. The van der Waals surface area contributed by atoms with Gasteiger partial charge in [-0.2, -0.15) is 0 Å². The first kappa shape index (κ1) is 19.3. The summed E-state index contributed by atoms with van der Waals surface area (Å²) in [6.07, 6.45) is 5.59. The average Bonchev–Trinajstić information content (AvgIpc) is 3.04. The summed E-state index contributed by atoms with van der Waals surface area (Å²) in [6, 6.07) is 6.35. The Morgan fingerprint density at radius 1 is 1.21 bits per heavy atom. The Balaban J connectivity index is 1.25. The fraction of sp³-hybridized carbons (Fsp3) is 0.696. The van der Waals surface area contributed by atoms with E-state index in [1.807, 2.05) is 0 Å². The summed E-state index contributed by atoms with van der Waals surface area (Å²) in [7, 11) is 1.75. The summed E-state index contributed by atoms with van der Waals surface area (Å²) in [5.74, 6) is 0.986. The second kappa shape index (κ2) is 7.56. The number of carbonyl (C=O) groups excluding carboxylic acids is 1. The first-order valence-electron chi connectivity index (χ1n) is 11.1. The minimum atomic E-state index is -0.237. The smallest absolute Gasteiger partial charge is 0.312 e. The number of hydrogen-bond acceptors (Lipinski definition) is 6. The zero-order valence-electron chi connectivity index (χ0n) is 17.4. The van der Waals surface area contributed by atoms with Crippen LogP contribution in [-0.2, 0) is 26.3 Å². The molecule has 0 aromatic heterocycles. The Bertz CT molecular complexity index is 752. The van der Waals surface area contributed by atoms with E-state index in [2.05, 4.69) is 28.4 Å². The van der Waals surface area contributed by atoms with Crippen LogP contribution in [0.2, 0.25) is 0 Å². The van der Waals surface area contributed by atoms with Gasteiger partial charge in [0.1, 0.15) is 11.9 Å². The van der Waals surface area contributed by atoms with Gasteiger partial charge >= 0.3 is 5.97 Å². The van der Waals surface area contributed by atoms with Crippen LogP contribution in [0.25, 0.3) is 0 Å². The van der Waals surface area contributed by atoms with Gasteiger partial charge in [0.05, 0.1) is 24.7 Å². The van der Waals surface area contributed by atoms with Gasteiger partial charge < -0.3 is 19.5 Å². The van der Waals surface area contributed by atoms with E-state index in [9.17, 15) is 4.79 Å². The number of nitrogens with one attached hydrogen (secondary N) is 1. The van der Waals surface area contributed by atoms with E-state index in [0.29, 0.717) is 0 Å². The molecule has 1 atom stereocenters. The number of methoxy groups -OCH3 is 1. The van der Waals surface area contributed by atoms with Gasteiger partial charge in [-0.15, -0.1) is 0 Å². The van der Waals surface area contributed by atoms with Gasteiger partial charge in [0.15, 0.2) is 0 Å². The average molecular weight is 401 g/mol. The molecule has 4 aliphatic heterocycles. The zero-order valence-corrected chi connectivity index (χ0v) is 17.4. The molecule has 0 amide bonds. The third-order valence-corrected chi connectivity index (χ3v) is 7.55. The SMILES string of the molecule is COc1cccc2c1C1(CCN(CC3CC4(CCNCC4)C(=O)O3)CC1)OCC2. The van der Waals surface area contributed by atoms with Crippen LogP contribution < -0.4 is 10.1 Å². The molecule has 29 heavy (non-hydrogen) atoms. The number of carbonyl (C=O) groups is 1. The number of piperidine rings is 2. The van der Waals surface area contributed by atoms with Crippen molar-refractivity contribution in [1.82, 2.24) is 10.2 Å². The Morgan fingerprint density at radius 2 is 2.00 bits per heavy atom. The molecule has 0 aliphatic carbocycles. The van der Waals surface area contributed by atoms with E-state index in [1.165, 1.54) is 11.1 Å². The van der Waals surface area contributed by atoms with Gasteiger partial charge in [0, 0.05) is 31.6 Å². The normalized spacial score (nSPS) is 28.3. The lowest BCUT2D eigenvalue weighted by molar-refractivity contribution is -0.151. The monoisotopic (exact) mass is 400 g/mol. The summed E-state index contributed by atoms with van der Waals surface area (Å²) in [5.41, 5.74) is 2.15. The highest BCUT2D eigenvalue weighted by Gasteiger charge is 2.50. The lowest BCUT2D eigenvalue weighted by atomic mass is 9.76. The molecule has 0 bridgehead atoms. The molecule has 6 heteroatoms. The molecule has 2 spiro atoms. The first-order chi connectivity index (χ1) is 14.1. The number of esters is 1. The molecule has 5 rings (SSSR count). The predicted molar refractivity (Wildman–Crippen MR) is 109 cm³/mol. The highest BCUT2D eigenvalue weighted by Crippen LogP contribution is 2.46. The minimum Gasteiger partial charge on any atom is -0.496 e. The van der Waals surface area contributed by atoms with Crippen LogP contribution >= 0.6 is 0 Å². The van der Waals surface area contributed by atoms with E-state index in [-0.39, 0.29) is 23.1 Å². The minimum absolute atomic E-state index is 0.0312. The molecule has 0 saturated carbocycles. The third kappa shape index (κ3) is 3.35. The summed E-state index contributed by atoms with van der Waals surface area (Å²) >= 11 is 0. The van der Waals surface area contributed by atoms with E-state index in [1.54, 1.807) is 7.11 Å². The molecule has 4 aliphatic rings. The second-order valence-electron chi connectivity index (χ2n) is 9.15. The number of rotatable bonds is 3. The van der Waals surface area contributed by atoms with Gasteiger partial charge in [0.2, 0.25) is 0 Å². The maximum absolute atomic E-state index is 12.6. The number of ether oxygens (including phenoxy) is 3. The molecule has 158 valence electrons. The van der Waals surface area contributed by atoms with E-state index in [4.69, 9.17) is 14.2 Å². The molecule has 4 heterocycles. The Labute approximate surface area is 172 Å². The van der Waals surface area contributed by atoms with Crippen molar-refractivity contribution in [3.63, 3.8) is 0 Å². The van der Waals surface area contributed by atoms with Crippen molar-refractivity contribution < 1.29 is 19.0 Å². The molecular formula is C23H32N2O4. The van der Waals surface area contributed by atoms with Crippen molar-refractivity contribution in [2.75, 3.05) is 46.4 Å². The van der Waals surface area contributed by atoms with Crippen molar-refractivity contribution in [1.29, 1.82) is 0 Å². The van der Waals surface area contributed by atoms with Gasteiger partial charge in [-0.3, -0.25) is 9.69 Å². The van der Waals surface area contributed by atoms with Crippen molar-refractivity contribution in [2.24, 2.45) is 5.41 Å². The topological polar surface area (TPSA) is 60.0 Å². The summed E-state index contributed by atoms with van der Waals surface area (Å²) < 4.78 is 17.9. The van der Waals surface area contributed by atoms with Crippen LogP contribution in [0.1, 0.15) is 43.2 Å². The Morgan fingerprint density at radius 3 is 2.76 bits per heavy atom. The molecule has 1 N–H and O–H groups in total. The van der Waals surface area contributed by atoms with Crippen LogP contribution in [-0.4, -0.2) is 63.4 Å². The molecule has 1 unspecified atom stereocenters. The predicted octanol–water partition coefficient (Wildman–Crippen LogP) is 2.24. The number of benzene rings is 1. The zero-order chi connectivity index (χ0) is 19.9. The third-order valence-electron chi connectivity index (χ3n) is 7.55. The van der Waals surface area contributed by atoms with Gasteiger partial charge in [-0.1, -0.05) is 12.1 Å². The van der Waals surface area contributed by atoms with Crippen molar-refractivity contribution in [3.8, 4) is 5.75 Å². The number of hydrogen-bond donors (Lipinski definition) is 1. The largest absolute Gasteiger partial charge is 0.496 e. The molecule has 3 fully saturated rings. The van der Waals surface area contributed by atoms with E-state index >= 15 is 0 Å². The van der Waals surface area contributed by atoms with Crippen LogP contribution in [0.3, 0.4) is 0 Å². The number of nitrogens with zero attached hydrogens (tertiary/aromatic N) is 1. The van der Waals surface area contributed by atoms with Gasteiger partial charge in [-0.05, 0) is 56.8 Å². The maximum atomic E-state index is 12.6. The van der Waals surface area contributed by atoms with E-state index < -0.39 is 0 Å². The van der Waals surface area contributed by atoms with Crippen LogP contribution in [0.5, 0.6) is 5.75 Å². The van der Waals surface area contributed by atoms with Crippen molar-refractivity contribution in [2.45, 2.75) is 50.2 Å². The van der Waals surface area contributed by atoms with Crippen molar-refractivity contribution in [3.05, 3.63) is 29.3 Å². The van der Waals surface area contributed by atoms with E-state index in [0.717, 1.165) is 83.6 Å². The molecule has 1 aromatic rings. The lowest BCUT2D eigenvalue weighted by Gasteiger charge is -2.45. The molecular weight excluding hydrogens is 368 g/mol. The fourth-order valence-electron chi connectivity index (χ4n) is 5.93. The Hall–Kier alpha value is -1.63. The van der Waals surface area contributed by atoms with Crippen LogP contribution in [0, 0.1) is 5.41 Å². The highest BCUT2D eigenvalue weighted by atomic mass is 16.6. The van der Waals surface area contributed by atoms with Gasteiger partial charge in [-0.25, -0.2) is 0 Å². The molecule has 0 radical (unpaired) electrons. The molecule has 1 aromatic carbocycles. The standard InChI is InChI=1S/C23H32N2O4/c1-27-19-4-2-3-17-5-14-28-23(20(17)19)8-12-25(13-9-23)16-18-15-22(21(26)29-18)6-10-24-11-7-22/h2-4,18,24H,5-16H2,1H3. The fourth-order valence-corrected chi connectivity index (χ4v) is 5.93. The van der Waals surface area contributed by atoms with Crippen molar-refractivity contribution >= 4 is 5.97 Å². The number of likely N-dealkylation sites (tertiary alicyclic amines) is 1.